The van der Waals surface area contributed by atoms with Gasteiger partial charge in [-0.05, 0) is 25.7 Å². The maximum Gasteiger partial charge on any atom is 0.191 e. The smallest absolute Gasteiger partial charge is 0.191 e. The fraction of sp³-hybridized carbons (Fsp3) is 0.714. The molecule has 1 aromatic rings. The van der Waals surface area contributed by atoms with Crippen molar-refractivity contribution in [3.05, 3.63) is 16.1 Å². The van der Waals surface area contributed by atoms with Crippen molar-refractivity contribution in [2.24, 2.45) is 16.6 Å². The van der Waals surface area contributed by atoms with Crippen molar-refractivity contribution in [2.75, 3.05) is 19.6 Å². The molecule has 0 saturated carbocycles. The first-order valence-electron chi connectivity index (χ1n) is 7.03. The number of guanidine groups is 1. The summed E-state index contributed by atoms with van der Waals surface area (Å²) in [6.45, 7) is 9.36. The second-order valence-corrected chi connectivity index (χ2v) is 6.85. The average Bonchev–Trinajstić information content (AvgIpc) is 2.83. The number of aromatic nitrogens is 1. The van der Waals surface area contributed by atoms with Crippen LogP contribution in [0.25, 0.3) is 0 Å². The van der Waals surface area contributed by atoms with Crippen molar-refractivity contribution in [1.82, 2.24) is 9.88 Å². The lowest BCUT2D eigenvalue weighted by atomic mass is 10.00. The van der Waals surface area contributed by atoms with E-state index in [2.05, 4.69) is 35.6 Å². The van der Waals surface area contributed by atoms with Crippen LogP contribution in [0.4, 0.5) is 0 Å². The number of piperidine rings is 1. The summed E-state index contributed by atoms with van der Waals surface area (Å²) in [6, 6.07) is 0. The summed E-state index contributed by atoms with van der Waals surface area (Å²) >= 11 is 1.75. The van der Waals surface area contributed by atoms with Gasteiger partial charge in [-0.2, -0.15) is 0 Å². The minimum Gasteiger partial charge on any atom is -0.370 e. The molecule has 2 N–H and O–H groups in total. The van der Waals surface area contributed by atoms with Crippen molar-refractivity contribution < 1.29 is 0 Å². The lowest BCUT2D eigenvalue weighted by molar-refractivity contribution is 0.277. The molecule has 19 heavy (non-hydrogen) atoms. The van der Waals surface area contributed by atoms with Crippen LogP contribution in [0.2, 0.25) is 0 Å². The Morgan fingerprint density at radius 1 is 1.58 bits per heavy atom. The van der Waals surface area contributed by atoms with Gasteiger partial charge in [0.2, 0.25) is 0 Å². The Labute approximate surface area is 119 Å². The fourth-order valence-electron chi connectivity index (χ4n) is 2.25. The molecule has 106 valence electrons. The van der Waals surface area contributed by atoms with Gasteiger partial charge in [0.25, 0.3) is 0 Å². The molecule has 1 aliphatic rings. The van der Waals surface area contributed by atoms with Crippen LogP contribution < -0.4 is 5.73 Å². The van der Waals surface area contributed by atoms with Gasteiger partial charge in [-0.3, -0.25) is 4.99 Å². The number of aryl methyl sites for hydroxylation is 1. The highest BCUT2D eigenvalue weighted by molar-refractivity contribution is 7.11. The summed E-state index contributed by atoms with van der Waals surface area (Å²) < 4.78 is 0. The molecule has 1 atom stereocenters. The number of rotatable bonds is 3. The maximum atomic E-state index is 6.08. The molecule has 1 aromatic heterocycles. The molecular weight excluding hydrogens is 256 g/mol. The van der Waals surface area contributed by atoms with Crippen LogP contribution in [-0.2, 0) is 0 Å². The molecule has 1 unspecified atom stereocenters. The van der Waals surface area contributed by atoms with Gasteiger partial charge in [-0.15, -0.1) is 11.3 Å². The van der Waals surface area contributed by atoms with E-state index in [-0.39, 0.29) is 0 Å². The first kappa shape index (κ1) is 14.3. The molecule has 1 aliphatic heterocycles. The highest BCUT2D eigenvalue weighted by Crippen LogP contribution is 2.21. The SMILES string of the molecule is Cc1cnc(C(C)CN=C(N)N2CCC(C)CC2)s1. The van der Waals surface area contributed by atoms with Gasteiger partial charge in [-0.1, -0.05) is 13.8 Å². The quantitative estimate of drug-likeness (QED) is 0.684. The Balaban J connectivity index is 1.87. The molecule has 0 bridgehead atoms. The minimum absolute atomic E-state index is 0.348. The Bertz CT molecular complexity index is 432. The van der Waals surface area contributed by atoms with Crippen molar-refractivity contribution in [3.8, 4) is 0 Å². The molecule has 0 amide bonds. The van der Waals surface area contributed by atoms with Crippen molar-refractivity contribution >= 4 is 17.3 Å². The molecule has 2 rings (SSSR count). The van der Waals surface area contributed by atoms with E-state index in [9.17, 15) is 0 Å². The Kier molecular flexibility index (Phi) is 4.80. The zero-order valence-electron chi connectivity index (χ0n) is 12.1. The molecule has 2 heterocycles. The van der Waals surface area contributed by atoms with E-state index in [1.807, 2.05) is 6.20 Å². The second kappa shape index (κ2) is 6.37. The molecule has 1 fully saturated rings. The second-order valence-electron chi connectivity index (χ2n) is 5.58. The van der Waals surface area contributed by atoms with Crippen LogP contribution in [0.3, 0.4) is 0 Å². The predicted molar refractivity (Wildman–Crippen MR) is 81.7 cm³/mol. The Hall–Kier alpha value is -1.10. The van der Waals surface area contributed by atoms with E-state index in [1.165, 1.54) is 17.7 Å². The molecule has 0 aromatic carbocycles. The number of hydrogen-bond donors (Lipinski definition) is 1. The standard InChI is InChI=1S/C14H24N4S/c1-10-4-6-18(7-5-10)14(15)17-8-11(2)13-16-9-12(3)19-13/h9-11H,4-8H2,1-3H3,(H2,15,17). The monoisotopic (exact) mass is 280 g/mol. The van der Waals surface area contributed by atoms with E-state index in [4.69, 9.17) is 5.73 Å². The van der Waals surface area contributed by atoms with Gasteiger partial charge in [0.15, 0.2) is 5.96 Å². The van der Waals surface area contributed by atoms with Crippen LogP contribution in [-0.4, -0.2) is 35.5 Å². The normalized spacial score (nSPS) is 19.7. The molecular formula is C14H24N4S. The zero-order chi connectivity index (χ0) is 13.8. The largest absolute Gasteiger partial charge is 0.370 e. The summed E-state index contributed by atoms with van der Waals surface area (Å²) in [5, 5.41) is 1.15. The third kappa shape index (κ3) is 3.93. The van der Waals surface area contributed by atoms with E-state index < -0.39 is 0 Å². The number of thiazole rings is 1. The van der Waals surface area contributed by atoms with Gasteiger partial charge in [0.05, 0.1) is 11.6 Å². The van der Waals surface area contributed by atoms with E-state index in [1.54, 1.807) is 11.3 Å². The number of likely N-dealkylation sites (tertiary alicyclic amines) is 1. The van der Waals surface area contributed by atoms with Gasteiger partial charge in [0.1, 0.15) is 0 Å². The summed E-state index contributed by atoms with van der Waals surface area (Å²) in [6.07, 6.45) is 4.37. The highest BCUT2D eigenvalue weighted by Gasteiger charge is 2.17. The number of hydrogen-bond acceptors (Lipinski definition) is 3. The summed E-state index contributed by atoms with van der Waals surface area (Å²) in [5.74, 6) is 1.87. The predicted octanol–water partition coefficient (Wildman–Crippen LogP) is 2.60. The van der Waals surface area contributed by atoms with E-state index in [0.29, 0.717) is 11.9 Å². The first-order valence-corrected chi connectivity index (χ1v) is 7.85. The van der Waals surface area contributed by atoms with Crippen LogP contribution in [0, 0.1) is 12.8 Å². The maximum absolute atomic E-state index is 6.08. The third-order valence-corrected chi connectivity index (χ3v) is 4.84. The van der Waals surface area contributed by atoms with Crippen LogP contribution in [0.1, 0.15) is 42.5 Å². The molecule has 0 spiro atoms. The van der Waals surface area contributed by atoms with E-state index in [0.717, 1.165) is 30.6 Å². The van der Waals surface area contributed by atoms with Crippen LogP contribution in [0.15, 0.2) is 11.2 Å². The summed E-state index contributed by atoms with van der Waals surface area (Å²) in [5.41, 5.74) is 6.08. The van der Waals surface area contributed by atoms with E-state index >= 15 is 0 Å². The van der Waals surface area contributed by atoms with Crippen molar-refractivity contribution in [1.29, 1.82) is 0 Å². The molecule has 0 aliphatic carbocycles. The number of aliphatic imine (C=N–C) groups is 1. The lowest BCUT2D eigenvalue weighted by Crippen LogP contribution is -2.42. The van der Waals surface area contributed by atoms with Crippen molar-refractivity contribution in [2.45, 2.75) is 39.5 Å². The van der Waals surface area contributed by atoms with Crippen molar-refractivity contribution in [3.63, 3.8) is 0 Å². The van der Waals surface area contributed by atoms with Gasteiger partial charge < -0.3 is 10.6 Å². The fourth-order valence-corrected chi connectivity index (χ4v) is 3.06. The zero-order valence-corrected chi connectivity index (χ0v) is 12.9. The van der Waals surface area contributed by atoms with Gasteiger partial charge in [-0.25, -0.2) is 4.98 Å². The lowest BCUT2D eigenvalue weighted by Gasteiger charge is -2.31. The molecule has 0 radical (unpaired) electrons. The number of nitrogens with two attached hydrogens (primary N) is 1. The molecule has 4 nitrogen and oxygen atoms in total. The Morgan fingerprint density at radius 3 is 2.84 bits per heavy atom. The van der Waals surface area contributed by atoms with Gasteiger partial charge in [0, 0.05) is 30.1 Å². The third-order valence-electron chi connectivity index (χ3n) is 3.70. The number of nitrogens with zero attached hydrogens (tertiary/aromatic N) is 3. The molecule has 1 saturated heterocycles. The first-order chi connectivity index (χ1) is 9.06. The van der Waals surface area contributed by atoms with Gasteiger partial charge >= 0.3 is 0 Å². The van der Waals surface area contributed by atoms with Crippen LogP contribution in [0.5, 0.6) is 0 Å². The topological polar surface area (TPSA) is 54.5 Å². The van der Waals surface area contributed by atoms with Crippen LogP contribution >= 0.6 is 11.3 Å². The molecule has 5 heteroatoms. The minimum atomic E-state index is 0.348. The highest BCUT2D eigenvalue weighted by atomic mass is 32.1. The summed E-state index contributed by atoms with van der Waals surface area (Å²) in [4.78, 5) is 12.4. The Morgan fingerprint density at radius 2 is 2.26 bits per heavy atom. The summed E-state index contributed by atoms with van der Waals surface area (Å²) in [7, 11) is 0. The average molecular weight is 280 g/mol.